The molecule has 4 rings (SSSR count). The van der Waals surface area contributed by atoms with Crippen molar-refractivity contribution >= 4 is 5.95 Å². The third-order valence-electron chi connectivity index (χ3n) is 5.11. The lowest BCUT2D eigenvalue weighted by Gasteiger charge is -2.30. The number of nitrogens with one attached hydrogen (secondary N) is 2. The molecule has 3 atom stereocenters. The molecule has 2 saturated carbocycles. The van der Waals surface area contributed by atoms with Crippen LogP contribution >= 0.6 is 0 Å². The minimum absolute atomic E-state index is 0.527. The quantitative estimate of drug-likeness (QED) is 0.847. The monoisotopic (exact) mass is 261 g/mol. The Morgan fingerprint density at radius 2 is 2.00 bits per heavy atom. The molecule has 0 bridgehead atoms. The molecule has 3 aliphatic rings. The fraction of sp³-hybridized carbons (Fsp3) is 0.857. The van der Waals surface area contributed by atoms with Gasteiger partial charge in [0.15, 0.2) is 0 Å². The first-order chi connectivity index (χ1) is 9.33. The van der Waals surface area contributed by atoms with Crippen molar-refractivity contribution in [2.45, 2.75) is 44.6 Å². The fourth-order valence-corrected chi connectivity index (χ4v) is 4.07. The third kappa shape index (κ3) is 2.04. The molecule has 0 amide bonds. The molecule has 2 heterocycles. The summed E-state index contributed by atoms with van der Waals surface area (Å²) in [5.41, 5.74) is 0. The first kappa shape index (κ1) is 11.7. The van der Waals surface area contributed by atoms with Crippen LogP contribution in [0.3, 0.4) is 0 Å². The summed E-state index contributed by atoms with van der Waals surface area (Å²) < 4.78 is 0. The van der Waals surface area contributed by atoms with Crippen molar-refractivity contribution in [1.82, 2.24) is 20.5 Å². The number of hydrogen-bond acceptors (Lipinski definition) is 4. The van der Waals surface area contributed by atoms with E-state index in [1.165, 1.54) is 25.7 Å². The molecule has 2 aliphatic carbocycles. The molecule has 0 radical (unpaired) electrons. The molecule has 1 saturated heterocycles. The third-order valence-corrected chi connectivity index (χ3v) is 5.11. The Morgan fingerprint density at radius 3 is 2.74 bits per heavy atom. The van der Waals surface area contributed by atoms with Crippen LogP contribution in [0.15, 0.2) is 0 Å². The van der Waals surface area contributed by atoms with E-state index in [1.807, 2.05) is 0 Å². The molecular formula is C14H23N5. The van der Waals surface area contributed by atoms with Crippen molar-refractivity contribution in [1.29, 1.82) is 0 Å². The average molecular weight is 261 g/mol. The number of nitrogens with zero attached hydrogens (tertiary/aromatic N) is 3. The summed E-state index contributed by atoms with van der Waals surface area (Å²) >= 11 is 0. The van der Waals surface area contributed by atoms with Gasteiger partial charge in [-0.2, -0.15) is 4.98 Å². The summed E-state index contributed by atoms with van der Waals surface area (Å²) in [4.78, 5) is 7.08. The number of H-pyrrole nitrogens is 1. The first-order valence-corrected chi connectivity index (χ1v) is 7.73. The summed E-state index contributed by atoms with van der Waals surface area (Å²) in [7, 11) is 0. The van der Waals surface area contributed by atoms with Gasteiger partial charge in [0.2, 0.25) is 5.95 Å². The summed E-state index contributed by atoms with van der Waals surface area (Å²) in [6, 6.07) is 0.527. The highest BCUT2D eigenvalue weighted by atomic mass is 15.4. The summed E-state index contributed by atoms with van der Waals surface area (Å²) in [5, 5.41) is 11.1. The second-order valence-corrected chi connectivity index (χ2v) is 6.46. The largest absolute Gasteiger partial charge is 0.337 e. The molecule has 0 spiro atoms. The lowest BCUT2D eigenvalue weighted by atomic mass is 10.0. The van der Waals surface area contributed by atoms with Gasteiger partial charge in [0.05, 0.1) is 0 Å². The highest BCUT2D eigenvalue weighted by molar-refractivity contribution is 5.32. The van der Waals surface area contributed by atoms with Crippen LogP contribution in [-0.4, -0.2) is 40.9 Å². The van der Waals surface area contributed by atoms with Crippen LogP contribution in [0.4, 0.5) is 5.95 Å². The molecule has 5 nitrogen and oxygen atoms in total. The Bertz CT molecular complexity index is 428. The van der Waals surface area contributed by atoms with Crippen LogP contribution in [0.2, 0.25) is 0 Å². The van der Waals surface area contributed by atoms with E-state index in [0.29, 0.717) is 12.0 Å². The summed E-state index contributed by atoms with van der Waals surface area (Å²) in [6.45, 7) is 5.27. The number of piperazine rings is 1. The van der Waals surface area contributed by atoms with Crippen molar-refractivity contribution in [2.24, 2.45) is 11.8 Å². The minimum atomic E-state index is 0.527. The number of anilines is 1. The Kier molecular flexibility index (Phi) is 2.76. The molecule has 3 fully saturated rings. The van der Waals surface area contributed by atoms with E-state index in [2.05, 4.69) is 27.3 Å². The smallest absolute Gasteiger partial charge is 0.244 e. The van der Waals surface area contributed by atoms with Gasteiger partial charge >= 0.3 is 0 Å². The molecule has 19 heavy (non-hydrogen) atoms. The molecular weight excluding hydrogens is 238 g/mol. The van der Waals surface area contributed by atoms with Crippen LogP contribution in [0.1, 0.15) is 44.3 Å². The van der Waals surface area contributed by atoms with Gasteiger partial charge in [-0.25, -0.2) is 0 Å². The van der Waals surface area contributed by atoms with Gasteiger partial charge in [0.1, 0.15) is 5.82 Å². The zero-order chi connectivity index (χ0) is 12.8. The van der Waals surface area contributed by atoms with Gasteiger partial charge in [-0.05, 0) is 31.6 Å². The average Bonchev–Trinajstić information content (AvgIpc) is 2.96. The van der Waals surface area contributed by atoms with Crippen molar-refractivity contribution in [3.05, 3.63) is 5.82 Å². The number of aromatic amines is 1. The summed E-state index contributed by atoms with van der Waals surface area (Å²) in [5.74, 6) is 4.54. The van der Waals surface area contributed by atoms with E-state index in [-0.39, 0.29) is 0 Å². The van der Waals surface area contributed by atoms with Gasteiger partial charge in [0.25, 0.3) is 0 Å². The number of fused-ring (bicyclic) bond motifs is 1. The second-order valence-electron chi connectivity index (χ2n) is 6.46. The van der Waals surface area contributed by atoms with E-state index in [4.69, 9.17) is 4.98 Å². The van der Waals surface area contributed by atoms with Crippen LogP contribution in [0.5, 0.6) is 0 Å². The number of aromatic nitrogens is 3. The molecule has 104 valence electrons. The highest BCUT2D eigenvalue weighted by Crippen LogP contribution is 2.60. The zero-order valence-corrected chi connectivity index (χ0v) is 11.6. The highest BCUT2D eigenvalue weighted by Gasteiger charge is 2.53. The lowest BCUT2D eigenvalue weighted by Crippen LogP contribution is -2.49. The predicted octanol–water partition coefficient (Wildman–Crippen LogP) is 1.51. The van der Waals surface area contributed by atoms with Gasteiger partial charge < -0.3 is 10.2 Å². The van der Waals surface area contributed by atoms with E-state index in [1.54, 1.807) is 0 Å². The van der Waals surface area contributed by atoms with Gasteiger partial charge in [-0.15, -0.1) is 5.10 Å². The normalized spacial score (nSPS) is 38.1. The molecule has 1 aromatic rings. The molecule has 1 aliphatic heterocycles. The standard InChI is InChI=1S/C14H23N5/c1-9-8-19(7-6-15-9)14-16-13(17-18-14)12-10-4-2-3-5-11(10)12/h9-12,15H,2-8H2,1H3,(H,16,17,18)/t9-,10?,11?,12?/m1/s1. The molecule has 1 aromatic heterocycles. The van der Waals surface area contributed by atoms with Crippen LogP contribution in [0, 0.1) is 11.8 Å². The Morgan fingerprint density at radius 1 is 1.21 bits per heavy atom. The minimum Gasteiger partial charge on any atom is -0.337 e. The number of rotatable bonds is 2. The van der Waals surface area contributed by atoms with Crippen LogP contribution < -0.4 is 10.2 Å². The van der Waals surface area contributed by atoms with Crippen molar-refractivity contribution in [2.75, 3.05) is 24.5 Å². The maximum absolute atomic E-state index is 4.79. The van der Waals surface area contributed by atoms with E-state index < -0.39 is 0 Å². The topological polar surface area (TPSA) is 56.8 Å². The fourth-order valence-electron chi connectivity index (χ4n) is 4.07. The Labute approximate surface area is 114 Å². The Hall–Kier alpha value is -1.10. The van der Waals surface area contributed by atoms with Crippen LogP contribution in [0.25, 0.3) is 0 Å². The van der Waals surface area contributed by atoms with Crippen molar-refractivity contribution in [3.8, 4) is 0 Å². The van der Waals surface area contributed by atoms with E-state index >= 15 is 0 Å². The Balaban J connectivity index is 1.48. The van der Waals surface area contributed by atoms with Crippen LogP contribution in [-0.2, 0) is 0 Å². The van der Waals surface area contributed by atoms with Crippen molar-refractivity contribution < 1.29 is 0 Å². The van der Waals surface area contributed by atoms with Gasteiger partial charge in [-0.1, -0.05) is 12.8 Å². The maximum atomic E-state index is 4.79. The number of hydrogen-bond donors (Lipinski definition) is 2. The molecule has 5 heteroatoms. The van der Waals surface area contributed by atoms with Crippen molar-refractivity contribution in [3.63, 3.8) is 0 Å². The maximum Gasteiger partial charge on any atom is 0.244 e. The predicted molar refractivity (Wildman–Crippen MR) is 74.2 cm³/mol. The summed E-state index contributed by atoms with van der Waals surface area (Å²) in [6.07, 6.45) is 5.62. The van der Waals surface area contributed by atoms with E-state index in [0.717, 1.165) is 43.2 Å². The van der Waals surface area contributed by atoms with E-state index in [9.17, 15) is 0 Å². The molecule has 2 unspecified atom stereocenters. The molecule has 0 aromatic carbocycles. The second kappa shape index (κ2) is 4.47. The SMILES string of the molecule is C[C@@H]1CN(c2n[nH]c(C3C4CCCCC43)n2)CCN1. The first-order valence-electron chi connectivity index (χ1n) is 7.73. The lowest BCUT2D eigenvalue weighted by molar-refractivity contribution is 0.479. The van der Waals surface area contributed by atoms with Gasteiger partial charge in [0, 0.05) is 31.6 Å². The molecule has 2 N–H and O–H groups in total. The van der Waals surface area contributed by atoms with Gasteiger partial charge in [-0.3, -0.25) is 5.10 Å². The zero-order valence-electron chi connectivity index (χ0n) is 11.6.